The summed E-state index contributed by atoms with van der Waals surface area (Å²) in [7, 11) is 0. The molecule has 0 saturated heterocycles. The van der Waals surface area contributed by atoms with E-state index in [1.165, 1.54) is 0 Å². The molecule has 0 aliphatic rings. The van der Waals surface area contributed by atoms with E-state index in [1.54, 1.807) is 18.3 Å². The van der Waals surface area contributed by atoms with Gasteiger partial charge in [-0.1, -0.05) is 15.9 Å². The van der Waals surface area contributed by atoms with Crippen LogP contribution < -0.4 is 16.0 Å². The average molecular weight is 421 g/mol. The monoisotopic (exact) mass is 420 g/mol. The van der Waals surface area contributed by atoms with Crippen LogP contribution in [0.25, 0.3) is 0 Å². The van der Waals surface area contributed by atoms with Crippen LogP contribution in [-0.2, 0) is 6.54 Å². The van der Waals surface area contributed by atoms with Crippen molar-refractivity contribution in [1.29, 1.82) is 0 Å². The maximum absolute atomic E-state index is 12.0. The molecule has 1 heterocycles. The molecule has 26 heavy (non-hydrogen) atoms. The lowest BCUT2D eigenvalue weighted by atomic mass is 10.2. The summed E-state index contributed by atoms with van der Waals surface area (Å²) in [6.07, 6.45) is 4.64. The summed E-state index contributed by atoms with van der Waals surface area (Å²) in [6.45, 7) is 5.49. The fourth-order valence-corrected chi connectivity index (χ4v) is 2.52. The topological polar surface area (TPSA) is 83.3 Å². The quantitative estimate of drug-likeness (QED) is 0.329. The first kappa shape index (κ1) is 20.0. The Kier molecular flexibility index (Phi) is 8.68. The largest absolute Gasteiger partial charge is 0.357 e. The number of carbonyl (C=O) groups excluding carboxylic acids is 1. The highest BCUT2D eigenvalue weighted by Gasteiger charge is 2.04. The summed E-state index contributed by atoms with van der Waals surface area (Å²) in [5.41, 5.74) is 0.646. The highest BCUT2D eigenvalue weighted by atomic mass is 79.9. The third-order valence-corrected chi connectivity index (χ3v) is 4.06. The van der Waals surface area contributed by atoms with Gasteiger partial charge in [-0.05, 0) is 43.7 Å². The van der Waals surface area contributed by atoms with E-state index in [-0.39, 0.29) is 5.91 Å². The molecule has 2 rings (SSSR count). The van der Waals surface area contributed by atoms with Gasteiger partial charge in [0.15, 0.2) is 5.96 Å². The second kappa shape index (κ2) is 11.3. The van der Waals surface area contributed by atoms with Gasteiger partial charge in [-0.15, -0.1) is 0 Å². The van der Waals surface area contributed by atoms with E-state index in [9.17, 15) is 4.79 Å². The predicted octanol–water partition coefficient (Wildman–Crippen LogP) is 2.02. The predicted molar refractivity (Wildman–Crippen MR) is 107 cm³/mol. The van der Waals surface area contributed by atoms with Gasteiger partial charge in [0.2, 0.25) is 0 Å². The first-order valence-corrected chi connectivity index (χ1v) is 9.51. The summed E-state index contributed by atoms with van der Waals surface area (Å²) in [4.78, 5) is 16.6. The number of benzene rings is 1. The third kappa shape index (κ3) is 7.26. The summed E-state index contributed by atoms with van der Waals surface area (Å²) >= 11 is 3.36. The van der Waals surface area contributed by atoms with Crippen molar-refractivity contribution in [3.63, 3.8) is 0 Å². The number of halogens is 1. The SMILES string of the molecule is CCNC(=NCCCn1cccn1)NCCNC(=O)c1ccc(Br)cc1. The molecule has 1 aromatic heterocycles. The van der Waals surface area contributed by atoms with Crippen molar-refractivity contribution in [1.82, 2.24) is 25.7 Å². The average Bonchev–Trinajstić information content (AvgIpc) is 3.16. The van der Waals surface area contributed by atoms with Gasteiger partial charge in [0.05, 0.1) is 0 Å². The first-order valence-electron chi connectivity index (χ1n) is 8.72. The zero-order valence-corrected chi connectivity index (χ0v) is 16.5. The molecule has 0 aliphatic carbocycles. The number of aromatic nitrogens is 2. The highest BCUT2D eigenvalue weighted by Crippen LogP contribution is 2.10. The molecule has 3 N–H and O–H groups in total. The van der Waals surface area contributed by atoms with Gasteiger partial charge in [0.25, 0.3) is 5.91 Å². The lowest BCUT2D eigenvalue weighted by molar-refractivity contribution is 0.0954. The molecule has 1 amide bonds. The van der Waals surface area contributed by atoms with Crippen LogP contribution in [0.5, 0.6) is 0 Å². The Hall–Kier alpha value is -2.35. The van der Waals surface area contributed by atoms with E-state index < -0.39 is 0 Å². The summed E-state index contributed by atoms with van der Waals surface area (Å²) in [6, 6.07) is 9.20. The molecule has 7 nitrogen and oxygen atoms in total. The summed E-state index contributed by atoms with van der Waals surface area (Å²) in [5.74, 6) is 0.673. The van der Waals surface area contributed by atoms with Crippen LogP contribution in [0.3, 0.4) is 0 Å². The van der Waals surface area contributed by atoms with Gasteiger partial charge in [-0.3, -0.25) is 14.5 Å². The van der Waals surface area contributed by atoms with Gasteiger partial charge < -0.3 is 16.0 Å². The van der Waals surface area contributed by atoms with Crippen LogP contribution in [0.4, 0.5) is 0 Å². The van der Waals surface area contributed by atoms with Crippen LogP contribution in [0.15, 0.2) is 52.2 Å². The molecule has 8 heteroatoms. The lowest BCUT2D eigenvalue weighted by Crippen LogP contribution is -2.41. The Labute approximate surface area is 162 Å². The lowest BCUT2D eigenvalue weighted by Gasteiger charge is -2.12. The van der Waals surface area contributed by atoms with Gasteiger partial charge >= 0.3 is 0 Å². The Morgan fingerprint density at radius 3 is 2.65 bits per heavy atom. The molecule has 0 aliphatic heterocycles. The van der Waals surface area contributed by atoms with Gasteiger partial charge in [-0.2, -0.15) is 5.10 Å². The number of nitrogens with one attached hydrogen (secondary N) is 3. The molecule has 0 fully saturated rings. The van der Waals surface area contributed by atoms with E-state index in [2.05, 4.69) is 42.0 Å². The Bertz CT molecular complexity index is 684. The Morgan fingerprint density at radius 1 is 1.19 bits per heavy atom. The number of hydrogen-bond acceptors (Lipinski definition) is 3. The Morgan fingerprint density at radius 2 is 1.96 bits per heavy atom. The van der Waals surface area contributed by atoms with Crippen molar-refractivity contribution in [3.8, 4) is 0 Å². The molecule has 0 bridgehead atoms. The highest BCUT2D eigenvalue weighted by molar-refractivity contribution is 9.10. The van der Waals surface area contributed by atoms with Gasteiger partial charge in [0.1, 0.15) is 0 Å². The molecule has 140 valence electrons. The van der Waals surface area contributed by atoms with Crippen LogP contribution in [-0.4, -0.2) is 47.8 Å². The maximum Gasteiger partial charge on any atom is 0.251 e. The van der Waals surface area contributed by atoms with Crippen LogP contribution >= 0.6 is 15.9 Å². The zero-order chi connectivity index (χ0) is 18.6. The molecule has 0 atom stereocenters. The first-order chi connectivity index (χ1) is 12.7. The fraction of sp³-hybridized carbons (Fsp3) is 0.389. The van der Waals surface area contributed by atoms with Crippen molar-refractivity contribution < 1.29 is 4.79 Å². The Balaban J connectivity index is 1.67. The zero-order valence-electron chi connectivity index (χ0n) is 14.9. The van der Waals surface area contributed by atoms with Crippen LogP contribution in [0, 0.1) is 0 Å². The normalized spacial score (nSPS) is 11.2. The minimum absolute atomic E-state index is 0.0829. The number of carbonyl (C=O) groups is 1. The number of aliphatic imine (C=N–C) groups is 1. The molecule has 0 radical (unpaired) electrons. The molecule has 0 spiro atoms. The molecule has 1 aromatic carbocycles. The standard InChI is InChI=1S/C18H25BrN6O/c1-2-20-18(22-9-3-13-25-14-4-10-24-25)23-12-11-21-17(26)15-5-7-16(19)8-6-15/h4-8,10,14H,2-3,9,11-13H2,1H3,(H,21,26)(H2,20,22,23). The summed E-state index contributed by atoms with van der Waals surface area (Å²) < 4.78 is 2.85. The van der Waals surface area contributed by atoms with Crippen LogP contribution in [0.1, 0.15) is 23.7 Å². The minimum atomic E-state index is -0.0829. The number of nitrogens with zero attached hydrogens (tertiary/aromatic N) is 3. The second-order valence-corrected chi connectivity index (χ2v) is 6.49. The number of aryl methyl sites for hydroxylation is 1. The van der Waals surface area contributed by atoms with Crippen LogP contribution in [0.2, 0.25) is 0 Å². The van der Waals surface area contributed by atoms with E-state index in [0.717, 1.165) is 29.9 Å². The summed E-state index contributed by atoms with van der Waals surface area (Å²) in [5, 5.41) is 13.5. The minimum Gasteiger partial charge on any atom is -0.357 e. The van der Waals surface area contributed by atoms with Gasteiger partial charge in [-0.25, -0.2) is 0 Å². The number of hydrogen-bond donors (Lipinski definition) is 3. The number of amides is 1. The fourth-order valence-electron chi connectivity index (χ4n) is 2.26. The third-order valence-electron chi connectivity index (χ3n) is 3.53. The van der Waals surface area contributed by atoms with Crippen molar-refractivity contribution in [2.24, 2.45) is 4.99 Å². The number of rotatable bonds is 9. The van der Waals surface area contributed by atoms with Crippen molar-refractivity contribution in [2.45, 2.75) is 19.9 Å². The van der Waals surface area contributed by atoms with Crippen molar-refractivity contribution >= 4 is 27.8 Å². The van der Waals surface area contributed by atoms with E-state index in [4.69, 9.17) is 0 Å². The van der Waals surface area contributed by atoms with Gasteiger partial charge in [0, 0.05) is 55.2 Å². The molecule has 0 unspecified atom stereocenters. The molecule has 0 saturated carbocycles. The molecular formula is C18H25BrN6O. The van der Waals surface area contributed by atoms with E-state index >= 15 is 0 Å². The van der Waals surface area contributed by atoms with E-state index in [1.807, 2.05) is 36.0 Å². The van der Waals surface area contributed by atoms with Crippen molar-refractivity contribution in [2.75, 3.05) is 26.2 Å². The number of guanidine groups is 1. The molecule has 2 aromatic rings. The molecular weight excluding hydrogens is 396 g/mol. The van der Waals surface area contributed by atoms with Crippen molar-refractivity contribution in [3.05, 3.63) is 52.8 Å². The maximum atomic E-state index is 12.0. The van der Waals surface area contributed by atoms with E-state index in [0.29, 0.717) is 25.2 Å². The smallest absolute Gasteiger partial charge is 0.251 e. The second-order valence-electron chi connectivity index (χ2n) is 5.57.